The fourth-order valence-electron chi connectivity index (χ4n) is 3.11. The molecule has 0 heterocycles. The largest absolute Gasteiger partial charge is 0.493 e. The number of methoxy groups -OCH3 is 1. The van der Waals surface area contributed by atoms with Gasteiger partial charge in [-0.2, -0.15) is 0 Å². The van der Waals surface area contributed by atoms with Gasteiger partial charge in [0.15, 0.2) is 17.3 Å². The van der Waals surface area contributed by atoms with Crippen molar-refractivity contribution in [3.05, 3.63) is 29.8 Å². The van der Waals surface area contributed by atoms with E-state index >= 15 is 0 Å². The van der Waals surface area contributed by atoms with Gasteiger partial charge in [0.2, 0.25) is 0 Å². The molecule has 0 N–H and O–H groups in total. The van der Waals surface area contributed by atoms with Crippen molar-refractivity contribution < 1.29 is 28.5 Å². The van der Waals surface area contributed by atoms with Crippen molar-refractivity contribution in [1.29, 1.82) is 0 Å². The molecule has 0 saturated heterocycles. The standard InChI is InChI=1S/C22H30O6/c1-4-26-15-18(22(24)27-5-2)19(23)12-10-16-11-13-20(25-3)21(14-16)28-17-8-6-7-9-17/h10-14,17-18H,4-9,15H2,1-3H3/b12-10+. The highest BCUT2D eigenvalue weighted by Gasteiger charge is 2.26. The molecule has 154 valence electrons. The molecular formula is C22H30O6. The highest BCUT2D eigenvalue weighted by Crippen LogP contribution is 2.32. The predicted octanol–water partition coefficient (Wildman–Crippen LogP) is 3.81. The van der Waals surface area contributed by atoms with Crippen molar-refractivity contribution in [2.45, 2.75) is 45.6 Å². The Balaban J connectivity index is 2.11. The van der Waals surface area contributed by atoms with Crippen LogP contribution in [0.1, 0.15) is 45.1 Å². The first-order valence-corrected chi connectivity index (χ1v) is 9.90. The Bertz CT molecular complexity index is 676. The maximum atomic E-state index is 12.5. The first kappa shape index (κ1) is 22.0. The number of esters is 1. The van der Waals surface area contributed by atoms with Crippen molar-refractivity contribution in [3.63, 3.8) is 0 Å². The minimum Gasteiger partial charge on any atom is -0.493 e. The van der Waals surface area contributed by atoms with Gasteiger partial charge in [0.25, 0.3) is 0 Å². The van der Waals surface area contributed by atoms with Crippen LogP contribution < -0.4 is 9.47 Å². The molecule has 0 aromatic heterocycles. The van der Waals surface area contributed by atoms with Crippen LogP contribution in [0.25, 0.3) is 6.08 Å². The van der Waals surface area contributed by atoms with E-state index in [0.29, 0.717) is 18.1 Å². The number of ether oxygens (including phenoxy) is 4. The van der Waals surface area contributed by atoms with Gasteiger partial charge in [-0.3, -0.25) is 9.59 Å². The molecule has 1 atom stereocenters. The number of hydrogen-bond acceptors (Lipinski definition) is 6. The van der Waals surface area contributed by atoms with Gasteiger partial charge in [-0.15, -0.1) is 0 Å². The predicted molar refractivity (Wildman–Crippen MR) is 107 cm³/mol. The van der Waals surface area contributed by atoms with Gasteiger partial charge < -0.3 is 18.9 Å². The van der Waals surface area contributed by atoms with E-state index in [-0.39, 0.29) is 25.1 Å². The summed E-state index contributed by atoms with van der Waals surface area (Å²) in [4.78, 5) is 24.5. The van der Waals surface area contributed by atoms with E-state index < -0.39 is 11.9 Å². The van der Waals surface area contributed by atoms with Crippen LogP contribution in [-0.4, -0.2) is 44.8 Å². The molecule has 6 heteroatoms. The van der Waals surface area contributed by atoms with Crippen LogP contribution in [0.2, 0.25) is 0 Å². The van der Waals surface area contributed by atoms with E-state index in [1.807, 2.05) is 25.1 Å². The summed E-state index contributed by atoms with van der Waals surface area (Å²) in [5.74, 6) is -0.536. The highest BCUT2D eigenvalue weighted by molar-refractivity contribution is 6.06. The van der Waals surface area contributed by atoms with Gasteiger partial charge in [-0.1, -0.05) is 12.1 Å². The first-order chi connectivity index (χ1) is 13.6. The second kappa shape index (κ2) is 11.5. The van der Waals surface area contributed by atoms with E-state index in [1.165, 1.54) is 18.9 Å². The van der Waals surface area contributed by atoms with E-state index in [4.69, 9.17) is 18.9 Å². The summed E-state index contributed by atoms with van der Waals surface area (Å²) < 4.78 is 21.7. The molecule has 0 aliphatic heterocycles. The van der Waals surface area contributed by atoms with Crippen molar-refractivity contribution in [1.82, 2.24) is 0 Å². The minimum absolute atomic E-state index is 0.0111. The number of carbonyl (C=O) groups excluding carboxylic acids is 2. The molecule has 1 aromatic carbocycles. The lowest BCUT2D eigenvalue weighted by Gasteiger charge is -2.16. The topological polar surface area (TPSA) is 71.1 Å². The molecule has 1 fully saturated rings. The molecule has 1 unspecified atom stereocenters. The molecule has 1 aliphatic rings. The SMILES string of the molecule is CCOCC(C(=O)/C=C/c1ccc(OC)c(OC2CCCC2)c1)C(=O)OCC. The Kier molecular flexibility index (Phi) is 9.01. The van der Waals surface area contributed by atoms with Crippen LogP contribution in [0.3, 0.4) is 0 Å². The quantitative estimate of drug-likeness (QED) is 0.325. The van der Waals surface area contributed by atoms with Gasteiger partial charge in [0.1, 0.15) is 5.92 Å². The molecule has 28 heavy (non-hydrogen) atoms. The molecular weight excluding hydrogens is 360 g/mol. The molecule has 0 spiro atoms. The Morgan fingerprint density at radius 3 is 2.54 bits per heavy atom. The van der Waals surface area contributed by atoms with Crippen LogP contribution >= 0.6 is 0 Å². The summed E-state index contributed by atoms with van der Waals surface area (Å²) in [6.07, 6.45) is 7.70. The third kappa shape index (κ3) is 6.37. The van der Waals surface area contributed by atoms with Gasteiger partial charge in [0, 0.05) is 6.61 Å². The van der Waals surface area contributed by atoms with Gasteiger partial charge >= 0.3 is 5.97 Å². The van der Waals surface area contributed by atoms with E-state index in [0.717, 1.165) is 18.4 Å². The van der Waals surface area contributed by atoms with Crippen LogP contribution in [-0.2, 0) is 19.1 Å². The van der Waals surface area contributed by atoms with Crippen LogP contribution in [0.5, 0.6) is 11.5 Å². The minimum atomic E-state index is -0.955. The molecule has 2 rings (SSSR count). The Morgan fingerprint density at radius 2 is 1.89 bits per heavy atom. The number of allylic oxidation sites excluding steroid dienone is 1. The zero-order chi connectivity index (χ0) is 20.4. The van der Waals surface area contributed by atoms with E-state index in [1.54, 1.807) is 20.1 Å². The second-order valence-corrected chi connectivity index (χ2v) is 6.63. The normalized spacial score (nSPS) is 15.5. The lowest BCUT2D eigenvalue weighted by molar-refractivity contribution is -0.152. The Hall–Kier alpha value is -2.34. The number of hydrogen-bond donors (Lipinski definition) is 0. The lowest BCUT2D eigenvalue weighted by Crippen LogP contribution is -2.29. The molecule has 0 bridgehead atoms. The van der Waals surface area contributed by atoms with Crippen molar-refractivity contribution >= 4 is 17.8 Å². The third-order valence-corrected chi connectivity index (χ3v) is 4.63. The lowest BCUT2D eigenvalue weighted by atomic mass is 10.0. The van der Waals surface area contributed by atoms with Gasteiger partial charge in [0.05, 0.1) is 26.4 Å². The van der Waals surface area contributed by atoms with Crippen LogP contribution in [0, 0.1) is 5.92 Å². The monoisotopic (exact) mass is 390 g/mol. The average molecular weight is 390 g/mol. The number of rotatable bonds is 11. The van der Waals surface area contributed by atoms with E-state index in [9.17, 15) is 9.59 Å². The third-order valence-electron chi connectivity index (χ3n) is 4.63. The number of ketones is 1. The maximum absolute atomic E-state index is 12.5. The van der Waals surface area contributed by atoms with E-state index in [2.05, 4.69) is 0 Å². The summed E-state index contributed by atoms with van der Waals surface area (Å²) in [5, 5.41) is 0. The molecule has 1 saturated carbocycles. The summed E-state index contributed by atoms with van der Waals surface area (Å²) in [7, 11) is 1.60. The zero-order valence-corrected chi connectivity index (χ0v) is 16.9. The fraction of sp³-hybridized carbons (Fsp3) is 0.545. The molecule has 1 aliphatic carbocycles. The molecule has 0 radical (unpaired) electrons. The smallest absolute Gasteiger partial charge is 0.319 e. The van der Waals surface area contributed by atoms with Gasteiger partial charge in [-0.25, -0.2) is 0 Å². The van der Waals surface area contributed by atoms with Crippen molar-refractivity contribution in [3.8, 4) is 11.5 Å². The highest BCUT2D eigenvalue weighted by atomic mass is 16.5. The summed E-state index contributed by atoms with van der Waals surface area (Å²) in [5.41, 5.74) is 0.793. The first-order valence-electron chi connectivity index (χ1n) is 9.90. The van der Waals surface area contributed by atoms with Crippen molar-refractivity contribution in [2.24, 2.45) is 5.92 Å². The average Bonchev–Trinajstić information content (AvgIpc) is 3.20. The number of benzene rings is 1. The van der Waals surface area contributed by atoms with Crippen molar-refractivity contribution in [2.75, 3.05) is 26.9 Å². The van der Waals surface area contributed by atoms with Gasteiger partial charge in [-0.05, 0) is 63.3 Å². The zero-order valence-electron chi connectivity index (χ0n) is 16.9. The van der Waals surface area contributed by atoms with Crippen LogP contribution in [0.15, 0.2) is 24.3 Å². The molecule has 1 aromatic rings. The Labute approximate surface area is 166 Å². The van der Waals surface area contributed by atoms with Crippen LogP contribution in [0.4, 0.5) is 0 Å². The summed E-state index contributed by atoms with van der Waals surface area (Å²) in [6, 6.07) is 5.51. The molecule has 6 nitrogen and oxygen atoms in total. The second-order valence-electron chi connectivity index (χ2n) is 6.63. The maximum Gasteiger partial charge on any atom is 0.319 e. The molecule has 0 amide bonds. The fourth-order valence-corrected chi connectivity index (χ4v) is 3.11. The Morgan fingerprint density at radius 1 is 1.14 bits per heavy atom. The summed E-state index contributed by atoms with van der Waals surface area (Å²) >= 11 is 0. The number of carbonyl (C=O) groups is 2. The summed E-state index contributed by atoms with van der Waals surface area (Å²) in [6.45, 7) is 4.17.